The number of rotatable bonds is 6. The van der Waals surface area contributed by atoms with Gasteiger partial charge in [-0.15, -0.1) is 0 Å². The number of hydrogen-bond donors (Lipinski definition) is 0. The Morgan fingerprint density at radius 1 is 1.30 bits per heavy atom. The van der Waals surface area contributed by atoms with Gasteiger partial charge in [-0.2, -0.15) is 5.26 Å². The molecule has 0 radical (unpaired) electrons. The first kappa shape index (κ1) is 14.3. The van der Waals surface area contributed by atoms with E-state index in [0.29, 0.717) is 19.6 Å². The molecule has 2 rings (SSSR count). The predicted molar refractivity (Wildman–Crippen MR) is 80.8 cm³/mol. The molecule has 4 nitrogen and oxygen atoms in total. The highest BCUT2D eigenvalue weighted by Crippen LogP contribution is 2.26. The van der Waals surface area contributed by atoms with Crippen molar-refractivity contribution in [3.8, 4) is 6.07 Å². The third-order valence-corrected chi connectivity index (χ3v) is 3.22. The van der Waals surface area contributed by atoms with Crippen molar-refractivity contribution in [3.63, 3.8) is 0 Å². The van der Waals surface area contributed by atoms with E-state index < -0.39 is 0 Å². The second kappa shape index (κ2) is 6.88. The molecule has 0 bridgehead atoms. The number of aryl methyl sites for hydroxylation is 1. The van der Waals surface area contributed by atoms with E-state index in [-0.39, 0.29) is 0 Å². The maximum absolute atomic E-state index is 8.84. The molecule has 0 aliphatic heterocycles. The summed E-state index contributed by atoms with van der Waals surface area (Å²) in [5, 5.41) is 9.95. The van der Waals surface area contributed by atoms with Crippen LogP contribution in [0.2, 0.25) is 0 Å². The Bertz CT molecular complexity index is 619. The minimum Gasteiger partial charge on any atom is -0.383 e. The lowest BCUT2D eigenvalue weighted by Crippen LogP contribution is -2.28. The fraction of sp³-hybridized carbons (Fsp3) is 0.375. The van der Waals surface area contributed by atoms with E-state index in [0.717, 1.165) is 28.8 Å². The Morgan fingerprint density at radius 3 is 2.85 bits per heavy atom. The average Bonchev–Trinajstić information content (AvgIpc) is 2.46. The van der Waals surface area contributed by atoms with E-state index in [4.69, 9.17) is 10.00 Å². The first-order chi connectivity index (χ1) is 9.76. The summed E-state index contributed by atoms with van der Waals surface area (Å²) < 4.78 is 5.18. The molecule has 2 aromatic rings. The van der Waals surface area contributed by atoms with Crippen molar-refractivity contribution in [2.45, 2.75) is 13.3 Å². The lowest BCUT2D eigenvalue weighted by Gasteiger charge is -2.25. The van der Waals surface area contributed by atoms with E-state index >= 15 is 0 Å². The molecule has 0 spiro atoms. The fourth-order valence-electron chi connectivity index (χ4n) is 2.29. The second-order valence-corrected chi connectivity index (χ2v) is 4.69. The number of nitriles is 1. The third kappa shape index (κ3) is 3.25. The lowest BCUT2D eigenvalue weighted by molar-refractivity contribution is 0.205. The predicted octanol–water partition coefficient (Wildman–Crippen LogP) is 2.91. The van der Waals surface area contributed by atoms with Gasteiger partial charge in [-0.25, -0.2) is 0 Å². The molecular formula is C16H19N3O. The highest BCUT2D eigenvalue weighted by Gasteiger charge is 2.11. The third-order valence-electron chi connectivity index (χ3n) is 3.22. The number of pyridine rings is 1. The summed E-state index contributed by atoms with van der Waals surface area (Å²) >= 11 is 0. The zero-order valence-corrected chi connectivity index (χ0v) is 12.0. The molecular weight excluding hydrogens is 250 g/mol. The fourth-order valence-corrected chi connectivity index (χ4v) is 2.29. The van der Waals surface area contributed by atoms with Crippen LogP contribution in [-0.4, -0.2) is 31.8 Å². The summed E-state index contributed by atoms with van der Waals surface area (Å²) in [5.41, 5.74) is 3.10. The van der Waals surface area contributed by atoms with Crippen LogP contribution in [0, 0.1) is 18.3 Å². The number of hydrogen-bond acceptors (Lipinski definition) is 4. The molecule has 20 heavy (non-hydrogen) atoms. The van der Waals surface area contributed by atoms with Crippen molar-refractivity contribution in [2.75, 3.05) is 31.7 Å². The van der Waals surface area contributed by atoms with Gasteiger partial charge in [0.25, 0.3) is 0 Å². The van der Waals surface area contributed by atoms with Gasteiger partial charge in [0, 0.05) is 37.0 Å². The highest BCUT2D eigenvalue weighted by atomic mass is 16.5. The number of nitrogens with zero attached hydrogens (tertiary/aromatic N) is 3. The maximum Gasteiger partial charge on any atom is 0.0726 e. The smallest absolute Gasteiger partial charge is 0.0726 e. The molecule has 0 saturated heterocycles. The Hall–Kier alpha value is -2.12. The summed E-state index contributed by atoms with van der Waals surface area (Å²) in [6.07, 6.45) is 0.499. The minimum absolute atomic E-state index is 0.499. The largest absolute Gasteiger partial charge is 0.383 e. The van der Waals surface area contributed by atoms with Gasteiger partial charge < -0.3 is 9.64 Å². The Labute approximate surface area is 119 Å². The molecule has 0 unspecified atom stereocenters. The average molecular weight is 269 g/mol. The molecule has 0 aliphatic rings. The van der Waals surface area contributed by atoms with Crippen LogP contribution in [0.3, 0.4) is 0 Å². The summed E-state index contributed by atoms with van der Waals surface area (Å²) in [4.78, 5) is 6.75. The van der Waals surface area contributed by atoms with E-state index in [9.17, 15) is 0 Å². The number of fused-ring (bicyclic) bond motifs is 1. The van der Waals surface area contributed by atoms with E-state index in [1.54, 1.807) is 7.11 Å². The number of methoxy groups -OCH3 is 1. The maximum atomic E-state index is 8.84. The molecule has 0 amide bonds. The van der Waals surface area contributed by atoms with Crippen molar-refractivity contribution < 1.29 is 4.74 Å². The molecule has 0 N–H and O–H groups in total. The van der Waals surface area contributed by atoms with Crippen LogP contribution in [-0.2, 0) is 4.74 Å². The summed E-state index contributed by atoms with van der Waals surface area (Å²) in [6.45, 7) is 4.11. The number of para-hydroxylation sites is 1. The summed E-state index contributed by atoms with van der Waals surface area (Å²) in [7, 11) is 1.69. The van der Waals surface area contributed by atoms with Gasteiger partial charge in [-0.05, 0) is 19.1 Å². The zero-order chi connectivity index (χ0) is 14.4. The van der Waals surface area contributed by atoms with Crippen LogP contribution in [0.1, 0.15) is 12.1 Å². The van der Waals surface area contributed by atoms with Crippen LogP contribution in [0.15, 0.2) is 30.3 Å². The molecule has 1 heterocycles. The molecule has 0 atom stereocenters. The van der Waals surface area contributed by atoms with Crippen LogP contribution in [0.4, 0.5) is 5.69 Å². The standard InChI is InChI=1S/C16H19N3O/c1-13-12-16(14-6-3-4-7-15(14)18-13)19(9-5-8-17)10-11-20-2/h3-4,6-7,12H,5,9-11H2,1-2H3. The van der Waals surface area contributed by atoms with Crippen LogP contribution in [0.25, 0.3) is 10.9 Å². The molecule has 0 aliphatic carbocycles. The van der Waals surface area contributed by atoms with Gasteiger partial charge in [0.05, 0.1) is 24.6 Å². The monoisotopic (exact) mass is 269 g/mol. The first-order valence-electron chi connectivity index (χ1n) is 6.73. The normalized spacial score (nSPS) is 10.4. The number of aromatic nitrogens is 1. The topological polar surface area (TPSA) is 49.1 Å². The quantitative estimate of drug-likeness (QED) is 0.809. The van der Waals surface area contributed by atoms with Crippen LogP contribution >= 0.6 is 0 Å². The number of ether oxygens (including phenoxy) is 1. The van der Waals surface area contributed by atoms with Crippen molar-refractivity contribution in [1.82, 2.24) is 4.98 Å². The van der Waals surface area contributed by atoms with E-state index in [2.05, 4.69) is 28.1 Å². The SMILES string of the molecule is COCCN(CCC#N)c1cc(C)nc2ccccc12. The summed E-state index contributed by atoms with van der Waals surface area (Å²) in [5.74, 6) is 0. The van der Waals surface area contributed by atoms with Gasteiger partial charge in [0.15, 0.2) is 0 Å². The lowest BCUT2D eigenvalue weighted by atomic mass is 10.1. The molecule has 0 saturated carbocycles. The van der Waals surface area contributed by atoms with E-state index in [1.807, 2.05) is 25.1 Å². The van der Waals surface area contributed by atoms with Crippen molar-refractivity contribution in [3.05, 3.63) is 36.0 Å². The van der Waals surface area contributed by atoms with Gasteiger partial charge >= 0.3 is 0 Å². The molecule has 0 fully saturated rings. The Balaban J connectivity index is 2.43. The summed E-state index contributed by atoms with van der Waals surface area (Å²) in [6, 6.07) is 12.4. The number of benzene rings is 1. The highest BCUT2D eigenvalue weighted by molar-refractivity contribution is 5.91. The van der Waals surface area contributed by atoms with Gasteiger partial charge in [-0.1, -0.05) is 18.2 Å². The Morgan fingerprint density at radius 2 is 2.10 bits per heavy atom. The van der Waals surface area contributed by atoms with Crippen molar-refractivity contribution >= 4 is 16.6 Å². The first-order valence-corrected chi connectivity index (χ1v) is 6.73. The van der Waals surface area contributed by atoms with Crippen molar-refractivity contribution in [2.24, 2.45) is 0 Å². The minimum atomic E-state index is 0.499. The zero-order valence-electron chi connectivity index (χ0n) is 12.0. The van der Waals surface area contributed by atoms with Crippen molar-refractivity contribution in [1.29, 1.82) is 5.26 Å². The molecule has 1 aromatic heterocycles. The Kier molecular flexibility index (Phi) is 4.91. The van der Waals surface area contributed by atoms with Gasteiger partial charge in [0.2, 0.25) is 0 Å². The molecule has 104 valence electrons. The number of anilines is 1. The molecule has 1 aromatic carbocycles. The van der Waals surface area contributed by atoms with Crippen LogP contribution < -0.4 is 4.90 Å². The second-order valence-electron chi connectivity index (χ2n) is 4.69. The van der Waals surface area contributed by atoms with Gasteiger partial charge in [-0.3, -0.25) is 4.98 Å². The van der Waals surface area contributed by atoms with E-state index in [1.165, 1.54) is 0 Å². The molecule has 4 heteroatoms. The van der Waals surface area contributed by atoms with Crippen LogP contribution in [0.5, 0.6) is 0 Å². The van der Waals surface area contributed by atoms with Gasteiger partial charge in [0.1, 0.15) is 0 Å².